The second-order valence-corrected chi connectivity index (χ2v) is 6.47. The topological polar surface area (TPSA) is 17.3 Å². The molecule has 0 aliphatic carbocycles. The first-order chi connectivity index (χ1) is 11.6. The van der Waals surface area contributed by atoms with E-state index < -0.39 is 0 Å². The third-order valence-corrected chi connectivity index (χ3v) is 4.39. The van der Waals surface area contributed by atoms with Crippen LogP contribution in [0.3, 0.4) is 0 Å². The predicted octanol–water partition coefficient (Wildman–Crippen LogP) is 5.97. The van der Waals surface area contributed by atoms with Crippen molar-refractivity contribution >= 4 is 11.9 Å². The summed E-state index contributed by atoms with van der Waals surface area (Å²) in [5.74, 6) is 0.468. The van der Waals surface area contributed by atoms with Crippen LogP contribution in [0.25, 0.3) is 5.69 Å². The molecule has 2 nitrogen and oxygen atoms in total. The van der Waals surface area contributed by atoms with Crippen LogP contribution in [0.2, 0.25) is 0 Å². The molecule has 1 aromatic heterocycles. The van der Waals surface area contributed by atoms with Gasteiger partial charge in [-0.15, -0.1) is 0 Å². The van der Waals surface area contributed by atoms with E-state index >= 15 is 0 Å². The molecular weight excluding hydrogens is 292 g/mol. The highest BCUT2D eigenvalue weighted by Gasteiger charge is 2.09. The molecule has 0 spiro atoms. The molecule has 24 heavy (non-hydrogen) atoms. The van der Waals surface area contributed by atoms with Crippen molar-refractivity contribution in [3.63, 3.8) is 0 Å². The maximum atomic E-state index is 4.77. The Balaban J connectivity index is 1.98. The van der Waals surface area contributed by atoms with Crippen molar-refractivity contribution < 1.29 is 0 Å². The summed E-state index contributed by atoms with van der Waals surface area (Å²) in [6.07, 6.45) is 1.99. The summed E-state index contributed by atoms with van der Waals surface area (Å²) < 4.78 is 2.27. The Morgan fingerprint density at radius 3 is 2.29 bits per heavy atom. The molecule has 0 aliphatic heterocycles. The van der Waals surface area contributed by atoms with Crippen molar-refractivity contribution in [2.75, 3.05) is 0 Å². The molecule has 0 saturated heterocycles. The number of benzene rings is 2. The summed E-state index contributed by atoms with van der Waals surface area (Å²) in [6.45, 7) is 8.69. The molecule has 0 bridgehead atoms. The van der Waals surface area contributed by atoms with Crippen LogP contribution in [0, 0.1) is 13.8 Å². The van der Waals surface area contributed by atoms with Gasteiger partial charge >= 0.3 is 0 Å². The summed E-state index contributed by atoms with van der Waals surface area (Å²) in [7, 11) is 0. The summed E-state index contributed by atoms with van der Waals surface area (Å²) in [6, 6.07) is 21.0. The summed E-state index contributed by atoms with van der Waals surface area (Å²) in [5.41, 5.74) is 7.12. The van der Waals surface area contributed by atoms with Crippen molar-refractivity contribution in [1.82, 2.24) is 4.57 Å². The van der Waals surface area contributed by atoms with Crippen molar-refractivity contribution in [3.05, 3.63) is 83.2 Å². The monoisotopic (exact) mass is 316 g/mol. The van der Waals surface area contributed by atoms with Gasteiger partial charge in [0.05, 0.1) is 5.69 Å². The molecule has 0 fully saturated rings. The molecule has 2 heteroatoms. The first-order valence-corrected chi connectivity index (χ1v) is 8.45. The molecule has 0 amide bonds. The third-order valence-electron chi connectivity index (χ3n) is 4.39. The van der Waals surface area contributed by atoms with Crippen LogP contribution >= 0.6 is 0 Å². The Hall–Kier alpha value is -2.61. The lowest BCUT2D eigenvalue weighted by Gasteiger charge is -2.09. The van der Waals surface area contributed by atoms with Crippen molar-refractivity contribution in [1.29, 1.82) is 0 Å². The highest BCUT2D eigenvalue weighted by molar-refractivity contribution is 5.84. The van der Waals surface area contributed by atoms with Crippen LogP contribution in [0.1, 0.15) is 42.3 Å². The van der Waals surface area contributed by atoms with E-state index in [9.17, 15) is 0 Å². The first kappa shape index (κ1) is 16.3. The average molecular weight is 316 g/mol. The quantitative estimate of drug-likeness (QED) is 0.528. The molecule has 0 aliphatic rings. The zero-order valence-corrected chi connectivity index (χ0v) is 14.8. The van der Waals surface area contributed by atoms with Crippen LogP contribution < -0.4 is 0 Å². The van der Waals surface area contributed by atoms with E-state index in [4.69, 9.17) is 4.99 Å². The van der Waals surface area contributed by atoms with Gasteiger partial charge < -0.3 is 4.57 Å². The van der Waals surface area contributed by atoms with Gasteiger partial charge in [0.15, 0.2) is 0 Å². The minimum atomic E-state index is 0.468. The zero-order chi connectivity index (χ0) is 17.1. The van der Waals surface area contributed by atoms with Gasteiger partial charge in [-0.3, -0.25) is 4.99 Å². The van der Waals surface area contributed by atoms with Gasteiger partial charge in [-0.05, 0) is 49.6 Å². The number of aliphatic imine (C=N–C) groups is 1. The second-order valence-electron chi connectivity index (χ2n) is 6.47. The van der Waals surface area contributed by atoms with Crippen LogP contribution in [0.5, 0.6) is 0 Å². The predicted molar refractivity (Wildman–Crippen MR) is 103 cm³/mol. The van der Waals surface area contributed by atoms with E-state index in [2.05, 4.69) is 80.8 Å². The van der Waals surface area contributed by atoms with Gasteiger partial charge in [0.1, 0.15) is 0 Å². The van der Waals surface area contributed by atoms with E-state index in [-0.39, 0.29) is 0 Å². The fourth-order valence-corrected chi connectivity index (χ4v) is 3.13. The van der Waals surface area contributed by atoms with Crippen LogP contribution in [0.4, 0.5) is 5.69 Å². The standard InChI is InChI=1S/C22H24N2/c1-16(2)21-12-8-9-13-22(21)23-15-19-14-17(3)24(18(19)4)20-10-6-5-7-11-20/h5-16H,1-4H3. The Kier molecular flexibility index (Phi) is 4.66. The van der Waals surface area contributed by atoms with Gasteiger partial charge in [0, 0.05) is 28.9 Å². The largest absolute Gasteiger partial charge is 0.318 e. The molecule has 0 radical (unpaired) electrons. The highest BCUT2D eigenvalue weighted by atomic mass is 15.0. The highest BCUT2D eigenvalue weighted by Crippen LogP contribution is 2.27. The Bertz CT molecular complexity index is 855. The maximum Gasteiger partial charge on any atom is 0.0664 e. The van der Waals surface area contributed by atoms with Crippen molar-refractivity contribution in [3.8, 4) is 5.69 Å². The van der Waals surface area contributed by atoms with Crippen LogP contribution in [0.15, 0.2) is 65.7 Å². The van der Waals surface area contributed by atoms with E-state index in [1.54, 1.807) is 0 Å². The number of nitrogens with zero attached hydrogens (tertiary/aromatic N) is 2. The van der Waals surface area contributed by atoms with E-state index in [1.807, 2.05) is 18.3 Å². The van der Waals surface area contributed by atoms with Crippen LogP contribution in [-0.4, -0.2) is 10.8 Å². The molecule has 0 atom stereocenters. The van der Waals surface area contributed by atoms with Gasteiger partial charge in [0.25, 0.3) is 0 Å². The maximum absolute atomic E-state index is 4.77. The fraction of sp³-hybridized carbons (Fsp3) is 0.227. The molecule has 3 aromatic rings. The average Bonchev–Trinajstić information content (AvgIpc) is 2.87. The fourth-order valence-electron chi connectivity index (χ4n) is 3.13. The Labute approximate surface area is 144 Å². The summed E-state index contributed by atoms with van der Waals surface area (Å²) >= 11 is 0. The Morgan fingerprint density at radius 2 is 1.58 bits per heavy atom. The molecule has 1 heterocycles. The lowest BCUT2D eigenvalue weighted by atomic mass is 10.0. The smallest absolute Gasteiger partial charge is 0.0664 e. The lowest BCUT2D eigenvalue weighted by Crippen LogP contribution is -1.99. The molecule has 0 unspecified atom stereocenters. The zero-order valence-electron chi connectivity index (χ0n) is 14.8. The second kappa shape index (κ2) is 6.88. The minimum absolute atomic E-state index is 0.468. The molecule has 122 valence electrons. The molecule has 3 rings (SSSR count). The SMILES string of the molecule is Cc1cc(C=Nc2ccccc2C(C)C)c(C)n1-c1ccccc1. The van der Waals surface area contributed by atoms with Crippen LogP contribution in [-0.2, 0) is 0 Å². The molecule has 2 aromatic carbocycles. The number of hydrogen-bond donors (Lipinski definition) is 0. The van der Waals surface area contributed by atoms with Gasteiger partial charge in [-0.25, -0.2) is 0 Å². The lowest BCUT2D eigenvalue weighted by molar-refractivity contribution is 0.867. The third kappa shape index (κ3) is 3.18. The normalized spacial score (nSPS) is 11.5. The number of rotatable bonds is 4. The van der Waals surface area contributed by atoms with Gasteiger partial charge in [-0.1, -0.05) is 50.2 Å². The molecule has 0 saturated carbocycles. The first-order valence-electron chi connectivity index (χ1n) is 8.45. The number of para-hydroxylation sites is 2. The Morgan fingerprint density at radius 1 is 0.917 bits per heavy atom. The number of aryl methyl sites for hydroxylation is 1. The van der Waals surface area contributed by atoms with E-state index in [0.717, 1.165) is 11.3 Å². The minimum Gasteiger partial charge on any atom is -0.318 e. The van der Waals surface area contributed by atoms with E-state index in [1.165, 1.54) is 22.6 Å². The summed E-state index contributed by atoms with van der Waals surface area (Å²) in [5, 5.41) is 0. The molecule has 0 N–H and O–H groups in total. The summed E-state index contributed by atoms with van der Waals surface area (Å²) in [4.78, 5) is 4.77. The van der Waals surface area contributed by atoms with Gasteiger partial charge in [0.2, 0.25) is 0 Å². The number of aromatic nitrogens is 1. The van der Waals surface area contributed by atoms with Crippen molar-refractivity contribution in [2.24, 2.45) is 4.99 Å². The van der Waals surface area contributed by atoms with Gasteiger partial charge in [-0.2, -0.15) is 0 Å². The van der Waals surface area contributed by atoms with E-state index in [0.29, 0.717) is 5.92 Å². The van der Waals surface area contributed by atoms with Crippen molar-refractivity contribution in [2.45, 2.75) is 33.6 Å². The molecular formula is C22H24N2. The number of hydrogen-bond acceptors (Lipinski definition) is 1.